The minimum Gasteiger partial charge on any atom is -0.464 e. The van der Waals surface area contributed by atoms with Crippen molar-refractivity contribution >= 4 is 11.7 Å². The van der Waals surface area contributed by atoms with Crippen molar-refractivity contribution in [2.24, 2.45) is 0 Å². The maximum absolute atomic E-state index is 11.9. The average molecular weight is 317 g/mol. The van der Waals surface area contributed by atoms with Crippen LogP contribution in [0.5, 0.6) is 0 Å². The van der Waals surface area contributed by atoms with Crippen molar-refractivity contribution < 1.29 is 14.5 Å². The van der Waals surface area contributed by atoms with Gasteiger partial charge in [-0.15, -0.1) is 0 Å². The Bertz CT molecular complexity index is 782. The van der Waals surface area contributed by atoms with Crippen LogP contribution in [-0.2, 0) is 9.53 Å². The van der Waals surface area contributed by atoms with Crippen molar-refractivity contribution in [1.82, 2.24) is 9.78 Å². The third kappa shape index (κ3) is 3.60. The van der Waals surface area contributed by atoms with E-state index in [1.165, 1.54) is 43.3 Å². The lowest BCUT2D eigenvalue weighted by Gasteiger charge is -2.13. The summed E-state index contributed by atoms with van der Waals surface area (Å²) in [5.74, 6) is -0.553. The molecule has 0 radical (unpaired) electrons. The molecule has 0 fully saturated rings. The Morgan fingerprint density at radius 3 is 2.52 bits per heavy atom. The molecule has 1 atom stereocenters. The van der Waals surface area contributed by atoms with Gasteiger partial charge in [0.25, 0.3) is 11.2 Å². The van der Waals surface area contributed by atoms with Crippen molar-refractivity contribution in [3.05, 3.63) is 56.9 Å². The minimum atomic E-state index is -0.861. The SMILES string of the molecule is CCOC(=O)[C@@H](C)n1nc(-c2ccc([N+](=O)[O-])cc2)ccc1=O. The number of nitro benzene ring substituents is 1. The largest absolute Gasteiger partial charge is 0.464 e. The summed E-state index contributed by atoms with van der Waals surface area (Å²) >= 11 is 0. The highest BCUT2D eigenvalue weighted by Gasteiger charge is 2.19. The minimum absolute atomic E-state index is 0.0398. The number of nitro groups is 1. The van der Waals surface area contributed by atoms with Gasteiger partial charge in [0.1, 0.15) is 0 Å². The Morgan fingerprint density at radius 1 is 1.30 bits per heavy atom. The van der Waals surface area contributed by atoms with Crippen LogP contribution in [0.3, 0.4) is 0 Å². The summed E-state index contributed by atoms with van der Waals surface area (Å²) in [6.45, 7) is 3.40. The molecule has 2 aromatic rings. The number of hydrogen-bond donors (Lipinski definition) is 0. The van der Waals surface area contributed by atoms with Crippen molar-refractivity contribution in [2.75, 3.05) is 6.61 Å². The Hall–Kier alpha value is -3.03. The number of esters is 1. The summed E-state index contributed by atoms with van der Waals surface area (Å²) in [6.07, 6.45) is 0. The van der Waals surface area contributed by atoms with Gasteiger partial charge in [0.05, 0.1) is 17.2 Å². The standard InChI is InChI=1S/C15H15N3O5/c1-3-23-15(20)10(2)17-14(19)9-8-13(16-17)11-4-6-12(7-5-11)18(21)22/h4-10H,3H2,1-2H3/t10-/m1/s1. The van der Waals surface area contributed by atoms with E-state index in [9.17, 15) is 19.7 Å². The normalized spacial score (nSPS) is 11.7. The Labute approximate surface area is 131 Å². The number of rotatable bonds is 5. The second kappa shape index (κ2) is 6.82. The predicted octanol–water partition coefficient (Wildman–Crippen LogP) is 1.94. The fraction of sp³-hybridized carbons (Fsp3) is 0.267. The van der Waals surface area contributed by atoms with E-state index in [0.29, 0.717) is 11.3 Å². The summed E-state index contributed by atoms with van der Waals surface area (Å²) in [4.78, 5) is 33.8. The van der Waals surface area contributed by atoms with Gasteiger partial charge in [0, 0.05) is 23.8 Å². The number of benzene rings is 1. The highest BCUT2D eigenvalue weighted by atomic mass is 16.6. The molecule has 0 saturated carbocycles. The quantitative estimate of drug-likeness (QED) is 0.474. The molecule has 1 aromatic carbocycles. The van der Waals surface area contributed by atoms with E-state index in [0.717, 1.165) is 4.68 Å². The molecular weight excluding hydrogens is 302 g/mol. The highest BCUT2D eigenvalue weighted by Crippen LogP contribution is 2.20. The molecule has 0 aliphatic carbocycles. The van der Waals surface area contributed by atoms with Gasteiger partial charge in [-0.2, -0.15) is 5.10 Å². The van der Waals surface area contributed by atoms with E-state index in [-0.39, 0.29) is 12.3 Å². The molecule has 0 amide bonds. The van der Waals surface area contributed by atoms with Crippen LogP contribution in [0.15, 0.2) is 41.2 Å². The van der Waals surface area contributed by atoms with Gasteiger partial charge >= 0.3 is 5.97 Å². The van der Waals surface area contributed by atoms with Crippen LogP contribution >= 0.6 is 0 Å². The first-order valence-corrected chi connectivity index (χ1v) is 6.95. The average Bonchev–Trinajstić information content (AvgIpc) is 2.55. The zero-order valence-electron chi connectivity index (χ0n) is 12.6. The highest BCUT2D eigenvalue weighted by molar-refractivity contribution is 5.73. The number of non-ortho nitro benzene ring substituents is 1. The second-order valence-electron chi connectivity index (χ2n) is 4.73. The summed E-state index contributed by atoms with van der Waals surface area (Å²) in [5.41, 5.74) is 0.550. The first kappa shape index (κ1) is 16.3. The molecule has 1 aromatic heterocycles. The van der Waals surface area contributed by atoms with E-state index in [1.807, 2.05) is 0 Å². The van der Waals surface area contributed by atoms with Gasteiger partial charge in [-0.1, -0.05) is 0 Å². The van der Waals surface area contributed by atoms with E-state index in [4.69, 9.17) is 4.74 Å². The number of nitrogens with zero attached hydrogens (tertiary/aromatic N) is 3. The van der Waals surface area contributed by atoms with Gasteiger partial charge in [-0.3, -0.25) is 14.9 Å². The summed E-state index contributed by atoms with van der Waals surface area (Å²) < 4.78 is 5.92. The van der Waals surface area contributed by atoms with Gasteiger partial charge in [0.15, 0.2) is 6.04 Å². The molecule has 0 spiro atoms. The summed E-state index contributed by atoms with van der Waals surface area (Å²) in [6, 6.07) is 7.69. The van der Waals surface area contributed by atoms with Crippen molar-refractivity contribution in [3.8, 4) is 11.3 Å². The van der Waals surface area contributed by atoms with Crippen LogP contribution < -0.4 is 5.56 Å². The Kier molecular flexibility index (Phi) is 4.85. The lowest BCUT2D eigenvalue weighted by atomic mass is 10.1. The van der Waals surface area contributed by atoms with Crippen LogP contribution in [0.25, 0.3) is 11.3 Å². The van der Waals surface area contributed by atoms with Gasteiger partial charge in [0.2, 0.25) is 0 Å². The first-order chi connectivity index (χ1) is 10.9. The molecule has 0 saturated heterocycles. The maximum Gasteiger partial charge on any atom is 0.330 e. The zero-order valence-corrected chi connectivity index (χ0v) is 12.6. The maximum atomic E-state index is 11.9. The molecule has 1 heterocycles. The molecule has 8 nitrogen and oxygen atoms in total. The number of carbonyl (C=O) groups is 1. The molecular formula is C15H15N3O5. The molecule has 0 N–H and O–H groups in total. The second-order valence-corrected chi connectivity index (χ2v) is 4.73. The van der Waals surface area contributed by atoms with Crippen molar-refractivity contribution in [2.45, 2.75) is 19.9 Å². The van der Waals surface area contributed by atoms with Crippen molar-refractivity contribution in [1.29, 1.82) is 0 Å². The third-order valence-corrected chi connectivity index (χ3v) is 3.19. The van der Waals surface area contributed by atoms with Crippen LogP contribution in [0, 0.1) is 10.1 Å². The van der Waals surface area contributed by atoms with E-state index >= 15 is 0 Å². The Morgan fingerprint density at radius 2 is 1.96 bits per heavy atom. The molecule has 0 unspecified atom stereocenters. The first-order valence-electron chi connectivity index (χ1n) is 6.95. The fourth-order valence-corrected chi connectivity index (χ4v) is 1.97. The predicted molar refractivity (Wildman–Crippen MR) is 81.9 cm³/mol. The zero-order chi connectivity index (χ0) is 17.0. The van der Waals surface area contributed by atoms with E-state index in [1.54, 1.807) is 6.92 Å². The third-order valence-electron chi connectivity index (χ3n) is 3.19. The monoisotopic (exact) mass is 317 g/mol. The smallest absolute Gasteiger partial charge is 0.330 e. The topological polar surface area (TPSA) is 104 Å². The number of hydrogen-bond acceptors (Lipinski definition) is 6. The molecule has 0 aliphatic heterocycles. The molecule has 0 aliphatic rings. The lowest BCUT2D eigenvalue weighted by Crippen LogP contribution is -2.31. The molecule has 23 heavy (non-hydrogen) atoms. The summed E-state index contributed by atoms with van der Waals surface area (Å²) in [5, 5.41) is 14.8. The summed E-state index contributed by atoms with van der Waals surface area (Å²) in [7, 11) is 0. The van der Waals surface area contributed by atoms with Crippen LogP contribution in [0.2, 0.25) is 0 Å². The van der Waals surface area contributed by atoms with Crippen LogP contribution in [-0.4, -0.2) is 27.3 Å². The molecule has 8 heteroatoms. The van der Waals surface area contributed by atoms with Gasteiger partial charge in [-0.05, 0) is 32.0 Å². The number of aromatic nitrogens is 2. The number of carbonyl (C=O) groups excluding carboxylic acids is 1. The fourth-order valence-electron chi connectivity index (χ4n) is 1.97. The van der Waals surface area contributed by atoms with Crippen LogP contribution in [0.4, 0.5) is 5.69 Å². The molecule has 120 valence electrons. The van der Waals surface area contributed by atoms with E-state index in [2.05, 4.69) is 5.10 Å². The van der Waals surface area contributed by atoms with Crippen LogP contribution in [0.1, 0.15) is 19.9 Å². The van der Waals surface area contributed by atoms with E-state index < -0.39 is 22.5 Å². The van der Waals surface area contributed by atoms with Crippen molar-refractivity contribution in [3.63, 3.8) is 0 Å². The number of ether oxygens (including phenoxy) is 1. The van der Waals surface area contributed by atoms with Gasteiger partial charge < -0.3 is 4.74 Å². The molecule has 0 bridgehead atoms. The Balaban J connectivity index is 2.38. The van der Waals surface area contributed by atoms with Gasteiger partial charge in [-0.25, -0.2) is 9.48 Å². The molecule has 2 rings (SSSR count). The lowest BCUT2D eigenvalue weighted by molar-refractivity contribution is -0.384.